The summed E-state index contributed by atoms with van der Waals surface area (Å²) < 4.78 is 5.35. The van der Waals surface area contributed by atoms with Crippen LogP contribution in [0.15, 0.2) is 54.7 Å². The SMILES string of the molecule is O=C(NCC1CCOC1)c1cccc(-c2ccc3cc[nH]c3c2)c1. The Morgan fingerprint density at radius 1 is 1.17 bits per heavy atom. The number of fused-ring (bicyclic) bond motifs is 1. The highest BCUT2D eigenvalue weighted by molar-refractivity contribution is 5.95. The molecule has 0 spiro atoms. The van der Waals surface area contributed by atoms with Crippen LogP contribution in [-0.4, -0.2) is 30.6 Å². The number of hydrogen-bond donors (Lipinski definition) is 2. The lowest BCUT2D eigenvalue weighted by Crippen LogP contribution is -2.29. The van der Waals surface area contributed by atoms with Gasteiger partial charge in [-0.1, -0.05) is 24.3 Å². The van der Waals surface area contributed by atoms with Gasteiger partial charge in [-0.3, -0.25) is 4.79 Å². The summed E-state index contributed by atoms with van der Waals surface area (Å²) in [5.41, 5.74) is 3.94. The molecule has 1 amide bonds. The van der Waals surface area contributed by atoms with Gasteiger partial charge in [0.15, 0.2) is 0 Å². The van der Waals surface area contributed by atoms with E-state index in [1.165, 1.54) is 5.39 Å². The highest BCUT2D eigenvalue weighted by Crippen LogP contribution is 2.24. The summed E-state index contributed by atoms with van der Waals surface area (Å²) in [5, 5.41) is 4.21. The number of H-pyrrole nitrogens is 1. The number of ether oxygens (including phenoxy) is 1. The van der Waals surface area contributed by atoms with Gasteiger partial charge in [0, 0.05) is 36.3 Å². The van der Waals surface area contributed by atoms with Gasteiger partial charge in [0.05, 0.1) is 6.61 Å². The minimum atomic E-state index is -0.0234. The Hall–Kier alpha value is -2.59. The van der Waals surface area contributed by atoms with Crippen LogP contribution < -0.4 is 5.32 Å². The highest BCUT2D eigenvalue weighted by atomic mass is 16.5. The molecule has 2 N–H and O–H groups in total. The predicted octanol–water partition coefficient (Wildman–Crippen LogP) is 3.60. The van der Waals surface area contributed by atoms with Crippen LogP contribution in [0.4, 0.5) is 0 Å². The molecule has 2 heterocycles. The second-order valence-electron chi connectivity index (χ2n) is 6.30. The number of aromatic amines is 1. The molecule has 2 aromatic carbocycles. The zero-order valence-electron chi connectivity index (χ0n) is 13.4. The van der Waals surface area contributed by atoms with Crippen molar-refractivity contribution >= 4 is 16.8 Å². The van der Waals surface area contributed by atoms with Crippen molar-refractivity contribution in [1.29, 1.82) is 0 Å². The molecule has 4 nitrogen and oxygen atoms in total. The Morgan fingerprint density at radius 3 is 2.96 bits per heavy atom. The predicted molar refractivity (Wildman–Crippen MR) is 95.0 cm³/mol. The molecule has 0 aliphatic carbocycles. The Bertz CT molecular complexity index is 863. The van der Waals surface area contributed by atoms with Crippen LogP contribution in [-0.2, 0) is 4.74 Å². The van der Waals surface area contributed by atoms with Gasteiger partial charge >= 0.3 is 0 Å². The molecule has 1 aliphatic rings. The molecule has 1 unspecified atom stereocenters. The van der Waals surface area contributed by atoms with E-state index in [2.05, 4.69) is 34.6 Å². The van der Waals surface area contributed by atoms with Crippen molar-refractivity contribution in [1.82, 2.24) is 10.3 Å². The number of carbonyl (C=O) groups is 1. The molecule has 4 heteroatoms. The third-order valence-corrected chi connectivity index (χ3v) is 4.59. The fourth-order valence-electron chi connectivity index (χ4n) is 3.15. The molecule has 0 saturated carbocycles. The number of benzene rings is 2. The van der Waals surface area contributed by atoms with Gasteiger partial charge in [-0.2, -0.15) is 0 Å². The second-order valence-corrected chi connectivity index (χ2v) is 6.30. The Balaban J connectivity index is 1.52. The molecule has 24 heavy (non-hydrogen) atoms. The second kappa shape index (κ2) is 6.49. The van der Waals surface area contributed by atoms with Crippen molar-refractivity contribution in [3.05, 3.63) is 60.3 Å². The van der Waals surface area contributed by atoms with E-state index in [-0.39, 0.29) is 5.91 Å². The van der Waals surface area contributed by atoms with Gasteiger partial charge in [-0.25, -0.2) is 0 Å². The van der Waals surface area contributed by atoms with E-state index in [9.17, 15) is 4.79 Å². The molecular weight excluding hydrogens is 300 g/mol. The van der Waals surface area contributed by atoms with Crippen molar-refractivity contribution in [3.63, 3.8) is 0 Å². The number of amides is 1. The molecule has 1 aliphatic heterocycles. The number of hydrogen-bond acceptors (Lipinski definition) is 2. The van der Waals surface area contributed by atoms with Gasteiger partial charge < -0.3 is 15.0 Å². The summed E-state index contributed by atoms with van der Waals surface area (Å²) in [7, 11) is 0. The molecule has 122 valence electrons. The quantitative estimate of drug-likeness (QED) is 0.772. The third kappa shape index (κ3) is 3.05. The lowest BCUT2D eigenvalue weighted by atomic mass is 10.0. The number of aromatic nitrogens is 1. The smallest absolute Gasteiger partial charge is 0.251 e. The topological polar surface area (TPSA) is 54.1 Å². The van der Waals surface area contributed by atoms with Gasteiger partial charge in [0.1, 0.15) is 0 Å². The monoisotopic (exact) mass is 320 g/mol. The van der Waals surface area contributed by atoms with Gasteiger partial charge in [0.25, 0.3) is 5.91 Å². The minimum absolute atomic E-state index is 0.0234. The summed E-state index contributed by atoms with van der Waals surface area (Å²) >= 11 is 0. The lowest BCUT2D eigenvalue weighted by molar-refractivity contribution is 0.0945. The molecule has 1 atom stereocenters. The molecule has 0 bridgehead atoms. The summed E-state index contributed by atoms with van der Waals surface area (Å²) in [5.74, 6) is 0.414. The fraction of sp³-hybridized carbons (Fsp3) is 0.250. The van der Waals surface area contributed by atoms with E-state index in [0.717, 1.165) is 36.3 Å². The van der Waals surface area contributed by atoms with Crippen LogP contribution in [0.2, 0.25) is 0 Å². The van der Waals surface area contributed by atoms with Gasteiger partial charge in [0.2, 0.25) is 0 Å². The maximum atomic E-state index is 12.4. The first-order valence-electron chi connectivity index (χ1n) is 8.33. The average Bonchev–Trinajstić information content (AvgIpc) is 3.30. The molecule has 4 rings (SSSR count). The average molecular weight is 320 g/mol. The van der Waals surface area contributed by atoms with Crippen molar-refractivity contribution in [3.8, 4) is 11.1 Å². The van der Waals surface area contributed by atoms with Crippen LogP contribution in [0.25, 0.3) is 22.0 Å². The van der Waals surface area contributed by atoms with Crippen LogP contribution >= 0.6 is 0 Å². The summed E-state index contributed by atoms with van der Waals surface area (Å²) in [4.78, 5) is 15.6. The first-order valence-corrected chi connectivity index (χ1v) is 8.33. The van der Waals surface area contributed by atoms with Crippen LogP contribution in [0.3, 0.4) is 0 Å². The molecule has 3 aromatic rings. The summed E-state index contributed by atoms with van der Waals surface area (Å²) in [6, 6.07) is 16.1. The number of nitrogens with one attached hydrogen (secondary N) is 2. The van der Waals surface area contributed by atoms with Crippen LogP contribution in [0.1, 0.15) is 16.8 Å². The normalized spacial score (nSPS) is 17.2. The maximum Gasteiger partial charge on any atom is 0.251 e. The largest absolute Gasteiger partial charge is 0.381 e. The van der Waals surface area contributed by atoms with Gasteiger partial charge in [-0.05, 0) is 47.2 Å². The Morgan fingerprint density at radius 2 is 2.08 bits per heavy atom. The van der Waals surface area contributed by atoms with E-state index in [1.807, 2.05) is 30.5 Å². The number of carbonyl (C=O) groups excluding carboxylic acids is 1. The maximum absolute atomic E-state index is 12.4. The standard InChI is InChI=1S/C20H20N2O2/c23-20(22-12-14-7-9-24-13-14)18-3-1-2-16(10-18)17-5-4-15-6-8-21-19(15)11-17/h1-6,8,10-11,14,21H,7,9,12-13H2,(H,22,23). The molecule has 1 saturated heterocycles. The zero-order valence-corrected chi connectivity index (χ0v) is 13.4. The number of rotatable bonds is 4. The van der Waals surface area contributed by atoms with E-state index in [0.29, 0.717) is 18.0 Å². The van der Waals surface area contributed by atoms with Crippen LogP contribution in [0, 0.1) is 5.92 Å². The Labute approximate surface area is 140 Å². The van der Waals surface area contributed by atoms with Crippen molar-refractivity contribution in [2.24, 2.45) is 5.92 Å². The fourth-order valence-corrected chi connectivity index (χ4v) is 3.15. The Kier molecular flexibility index (Phi) is 4.05. The van der Waals surface area contributed by atoms with Gasteiger partial charge in [-0.15, -0.1) is 0 Å². The van der Waals surface area contributed by atoms with Crippen molar-refractivity contribution < 1.29 is 9.53 Å². The minimum Gasteiger partial charge on any atom is -0.381 e. The first kappa shape index (κ1) is 15.0. The van der Waals surface area contributed by atoms with E-state index in [1.54, 1.807) is 0 Å². The lowest BCUT2D eigenvalue weighted by Gasteiger charge is -2.10. The zero-order chi connectivity index (χ0) is 16.4. The highest BCUT2D eigenvalue weighted by Gasteiger charge is 2.17. The summed E-state index contributed by atoms with van der Waals surface area (Å²) in [6.07, 6.45) is 2.96. The van der Waals surface area contributed by atoms with Crippen LogP contribution in [0.5, 0.6) is 0 Å². The first-order chi connectivity index (χ1) is 11.8. The van der Waals surface area contributed by atoms with Crippen molar-refractivity contribution in [2.45, 2.75) is 6.42 Å². The molecule has 0 radical (unpaired) electrons. The van der Waals surface area contributed by atoms with E-state index in [4.69, 9.17) is 4.74 Å². The van der Waals surface area contributed by atoms with E-state index >= 15 is 0 Å². The molecule has 1 fully saturated rings. The third-order valence-electron chi connectivity index (χ3n) is 4.59. The van der Waals surface area contributed by atoms with Crippen molar-refractivity contribution in [2.75, 3.05) is 19.8 Å². The molecular formula is C20H20N2O2. The van der Waals surface area contributed by atoms with E-state index < -0.39 is 0 Å². The molecule has 1 aromatic heterocycles. The summed E-state index contributed by atoms with van der Waals surface area (Å²) in [6.45, 7) is 2.23.